The number of ether oxygens (including phenoxy) is 2. The molecular formula is C19H28N2O4. The van der Waals surface area contributed by atoms with Crippen molar-refractivity contribution in [3.05, 3.63) is 24.3 Å². The second kappa shape index (κ2) is 9.42. The number of nitrogens with zero attached hydrogens (tertiary/aromatic N) is 1. The van der Waals surface area contributed by atoms with Crippen LogP contribution in [0.4, 0.5) is 5.69 Å². The monoisotopic (exact) mass is 348 g/mol. The van der Waals surface area contributed by atoms with E-state index in [1.165, 1.54) is 0 Å². The second-order valence-electron chi connectivity index (χ2n) is 6.66. The van der Waals surface area contributed by atoms with Gasteiger partial charge in [-0.1, -0.05) is 26.8 Å². The van der Waals surface area contributed by atoms with E-state index in [4.69, 9.17) is 9.47 Å². The van der Waals surface area contributed by atoms with E-state index in [2.05, 4.69) is 19.2 Å². The highest BCUT2D eigenvalue weighted by atomic mass is 16.5. The first-order chi connectivity index (χ1) is 12.0. The summed E-state index contributed by atoms with van der Waals surface area (Å²) in [5.74, 6) is 0.979. The summed E-state index contributed by atoms with van der Waals surface area (Å²) in [5.41, 5.74) is 0.667. The third kappa shape index (κ3) is 6.05. The van der Waals surface area contributed by atoms with Gasteiger partial charge >= 0.3 is 0 Å². The van der Waals surface area contributed by atoms with Crippen LogP contribution in [0.25, 0.3) is 0 Å². The fourth-order valence-electron chi connectivity index (χ4n) is 2.86. The van der Waals surface area contributed by atoms with Gasteiger partial charge in [0.15, 0.2) is 6.61 Å². The second-order valence-corrected chi connectivity index (χ2v) is 6.66. The number of hydrogen-bond donors (Lipinski definition) is 1. The number of nitrogens with one attached hydrogen (secondary N) is 1. The molecule has 2 amide bonds. The van der Waals surface area contributed by atoms with Crippen LogP contribution in [-0.4, -0.2) is 49.1 Å². The van der Waals surface area contributed by atoms with Crippen molar-refractivity contribution in [2.75, 3.05) is 31.7 Å². The molecule has 1 fully saturated rings. The minimum Gasteiger partial charge on any atom is -0.484 e. The summed E-state index contributed by atoms with van der Waals surface area (Å²) in [5, 5.41) is 2.78. The fourth-order valence-corrected chi connectivity index (χ4v) is 2.86. The highest BCUT2D eigenvalue weighted by Crippen LogP contribution is 2.19. The lowest BCUT2D eigenvalue weighted by atomic mass is 10.0. The van der Waals surface area contributed by atoms with E-state index in [1.54, 1.807) is 31.2 Å². The molecule has 25 heavy (non-hydrogen) atoms. The van der Waals surface area contributed by atoms with Gasteiger partial charge in [0, 0.05) is 24.7 Å². The van der Waals surface area contributed by atoms with Crippen molar-refractivity contribution < 1.29 is 19.1 Å². The number of carbonyl (C=O) groups excluding carboxylic acids is 2. The van der Waals surface area contributed by atoms with Crippen molar-refractivity contribution >= 4 is 17.5 Å². The summed E-state index contributed by atoms with van der Waals surface area (Å²) < 4.78 is 11.2. The third-order valence-electron chi connectivity index (χ3n) is 4.09. The van der Waals surface area contributed by atoms with Gasteiger partial charge in [-0.25, -0.2) is 0 Å². The summed E-state index contributed by atoms with van der Waals surface area (Å²) in [4.78, 5) is 25.9. The van der Waals surface area contributed by atoms with E-state index in [1.807, 2.05) is 4.90 Å². The van der Waals surface area contributed by atoms with Crippen LogP contribution in [0.2, 0.25) is 0 Å². The highest BCUT2D eigenvalue weighted by molar-refractivity contribution is 5.90. The molecule has 1 aromatic carbocycles. The lowest BCUT2D eigenvalue weighted by Gasteiger charge is -2.36. The Morgan fingerprint density at radius 2 is 2.20 bits per heavy atom. The topological polar surface area (TPSA) is 67.9 Å². The number of anilines is 1. The van der Waals surface area contributed by atoms with Gasteiger partial charge < -0.3 is 19.7 Å². The zero-order valence-corrected chi connectivity index (χ0v) is 15.3. The van der Waals surface area contributed by atoms with E-state index in [9.17, 15) is 9.59 Å². The van der Waals surface area contributed by atoms with Gasteiger partial charge in [0.05, 0.1) is 19.3 Å². The average Bonchev–Trinajstić information content (AvgIpc) is 2.60. The molecule has 0 saturated carbocycles. The molecule has 1 heterocycles. The van der Waals surface area contributed by atoms with Gasteiger partial charge in [0.25, 0.3) is 5.91 Å². The van der Waals surface area contributed by atoms with Crippen LogP contribution in [-0.2, 0) is 14.3 Å². The molecule has 0 aliphatic carbocycles. The van der Waals surface area contributed by atoms with Gasteiger partial charge in [-0.2, -0.15) is 0 Å². The Morgan fingerprint density at radius 1 is 1.40 bits per heavy atom. The zero-order chi connectivity index (χ0) is 18.2. The maximum absolute atomic E-state index is 12.5. The van der Waals surface area contributed by atoms with Crippen LogP contribution in [0.3, 0.4) is 0 Å². The minimum atomic E-state index is -0.0573. The van der Waals surface area contributed by atoms with Crippen LogP contribution < -0.4 is 10.1 Å². The minimum absolute atomic E-state index is 0.0141. The highest BCUT2D eigenvalue weighted by Gasteiger charge is 2.28. The van der Waals surface area contributed by atoms with Crippen LogP contribution in [0.5, 0.6) is 5.75 Å². The molecule has 6 heteroatoms. The first kappa shape index (κ1) is 19.2. The van der Waals surface area contributed by atoms with Crippen LogP contribution >= 0.6 is 0 Å². The predicted octanol–water partition coefficient (Wildman–Crippen LogP) is 2.69. The van der Waals surface area contributed by atoms with Crippen molar-refractivity contribution in [3.63, 3.8) is 0 Å². The smallest absolute Gasteiger partial charge is 0.260 e. The third-order valence-corrected chi connectivity index (χ3v) is 4.09. The Morgan fingerprint density at radius 3 is 2.92 bits per heavy atom. The average molecular weight is 348 g/mol. The maximum atomic E-state index is 12.5. The van der Waals surface area contributed by atoms with Gasteiger partial charge in [-0.05, 0) is 24.5 Å². The van der Waals surface area contributed by atoms with Gasteiger partial charge in [0.2, 0.25) is 5.91 Å². The summed E-state index contributed by atoms with van der Waals surface area (Å²) in [7, 11) is 0. The molecule has 1 aliphatic rings. The molecule has 1 aliphatic heterocycles. The quantitative estimate of drug-likeness (QED) is 0.823. The van der Waals surface area contributed by atoms with Gasteiger partial charge in [-0.3, -0.25) is 9.59 Å². The Hall–Kier alpha value is -2.08. The summed E-state index contributed by atoms with van der Waals surface area (Å²) in [6, 6.07) is 7.20. The van der Waals surface area contributed by atoms with Crippen molar-refractivity contribution in [2.45, 2.75) is 39.7 Å². The Labute approximate surface area is 149 Å². The van der Waals surface area contributed by atoms with Gasteiger partial charge in [-0.15, -0.1) is 0 Å². The van der Waals surface area contributed by atoms with E-state index < -0.39 is 0 Å². The first-order valence-corrected chi connectivity index (χ1v) is 8.89. The predicted molar refractivity (Wildman–Crippen MR) is 96.6 cm³/mol. The molecular weight excluding hydrogens is 320 g/mol. The fraction of sp³-hybridized carbons (Fsp3) is 0.579. The van der Waals surface area contributed by atoms with Crippen LogP contribution in [0, 0.1) is 5.92 Å². The molecule has 0 unspecified atom stereocenters. The van der Waals surface area contributed by atoms with Gasteiger partial charge in [0.1, 0.15) is 5.75 Å². The molecule has 1 atom stereocenters. The largest absolute Gasteiger partial charge is 0.484 e. The molecule has 2 rings (SSSR count). The molecule has 0 radical (unpaired) electrons. The number of amides is 2. The van der Waals surface area contributed by atoms with Crippen LogP contribution in [0.15, 0.2) is 24.3 Å². The zero-order valence-electron chi connectivity index (χ0n) is 15.3. The number of rotatable bonds is 7. The molecule has 0 aromatic heterocycles. The van der Waals surface area contributed by atoms with Crippen molar-refractivity contribution in [3.8, 4) is 5.75 Å². The van der Waals surface area contributed by atoms with Crippen LogP contribution in [0.1, 0.15) is 33.6 Å². The number of morpholine rings is 1. The summed E-state index contributed by atoms with van der Waals surface area (Å²) >= 11 is 0. The molecule has 1 aromatic rings. The number of carbonyl (C=O) groups is 2. The Bertz CT molecular complexity index is 589. The summed E-state index contributed by atoms with van der Waals surface area (Å²) in [6.07, 6.45) is 1.34. The number of benzene rings is 1. The lowest BCUT2D eigenvalue weighted by Crippen LogP contribution is -2.50. The lowest BCUT2D eigenvalue weighted by molar-refractivity contribution is -0.142. The van der Waals surface area contributed by atoms with E-state index >= 15 is 0 Å². The first-order valence-electron chi connectivity index (χ1n) is 8.89. The molecule has 138 valence electrons. The normalized spacial score (nSPS) is 17.4. The maximum Gasteiger partial charge on any atom is 0.260 e. The van der Waals surface area contributed by atoms with Crippen molar-refractivity contribution in [1.82, 2.24) is 4.90 Å². The Balaban J connectivity index is 1.92. The summed E-state index contributed by atoms with van der Waals surface area (Å²) in [6.45, 7) is 7.82. The number of hydrogen-bond acceptors (Lipinski definition) is 4. The molecule has 0 bridgehead atoms. The molecule has 1 N–H and O–H groups in total. The molecule has 6 nitrogen and oxygen atoms in total. The van der Waals surface area contributed by atoms with Crippen molar-refractivity contribution in [2.24, 2.45) is 5.92 Å². The Kier molecular flexibility index (Phi) is 7.25. The van der Waals surface area contributed by atoms with Crippen molar-refractivity contribution in [1.29, 1.82) is 0 Å². The standard InChI is InChI=1S/C19H28N2O4/c1-4-18(22)20-15-6-5-7-17(11-15)25-13-19(23)21-8-9-24-12-16(21)10-14(2)3/h5-7,11,14,16H,4,8-10,12-13H2,1-3H3,(H,20,22)/t16-/m1/s1. The molecule has 0 spiro atoms. The van der Waals surface area contributed by atoms with E-state index in [-0.39, 0.29) is 24.5 Å². The van der Waals surface area contributed by atoms with E-state index in [0.29, 0.717) is 43.5 Å². The molecule has 1 saturated heterocycles. The SMILES string of the molecule is CCC(=O)Nc1cccc(OCC(=O)N2CCOC[C@H]2CC(C)C)c1. The van der Waals surface area contributed by atoms with E-state index in [0.717, 1.165) is 6.42 Å².